The normalized spacial score (nSPS) is 13.8. The summed E-state index contributed by atoms with van der Waals surface area (Å²) in [6.45, 7) is 18.3. The van der Waals surface area contributed by atoms with Gasteiger partial charge < -0.3 is 14.4 Å². The molecule has 0 atom stereocenters. The van der Waals surface area contributed by atoms with Crippen LogP contribution in [0.2, 0.25) is 19.6 Å². The number of hydrogen-bond acceptors (Lipinski definition) is 4. The molecule has 4 heterocycles. The van der Waals surface area contributed by atoms with Crippen LogP contribution in [-0.2, 0) is 32.9 Å². The van der Waals surface area contributed by atoms with Gasteiger partial charge in [0.15, 0.2) is 0 Å². The first-order valence-corrected chi connectivity index (χ1v) is 21.5. The number of furan rings is 1. The SMILES string of the molecule is CC(C)c1ccc2c(n1)oc1c(-c3cc(CC(C)(C)C)ccn3)[c-]ccc12.C[Si](C)(C)c1cnc(-c2[c-]cccc2)cc1CC1CCCC1.[Ir]. The number of benzene rings is 2. The Morgan fingerprint density at radius 1 is 0.880 bits per heavy atom. The molecule has 7 rings (SSSR count). The molecule has 0 saturated heterocycles. The molecule has 4 nitrogen and oxygen atoms in total. The molecule has 6 heteroatoms. The molecule has 0 amide bonds. The van der Waals surface area contributed by atoms with E-state index in [2.05, 4.69) is 120 Å². The molecule has 0 bridgehead atoms. The second-order valence-corrected chi connectivity index (χ2v) is 21.4. The van der Waals surface area contributed by atoms with Gasteiger partial charge in [-0.1, -0.05) is 114 Å². The zero-order valence-corrected chi connectivity index (χ0v) is 34.4. The molecule has 0 N–H and O–H groups in total. The minimum atomic E-state index is -1.35. The van der Waals surface area contributed by atoms with Gasteiger partial charge in [-0.15, -0.1) is 54.1 Å². The Hall–Kier alpha value is -3.44. The Bertz CT molecular complexity index is 2030. The fourth-order valence-corrected chi connectivity index (χ4v) is 8.64. The average Bonchev–Trinajstić information content (AvgIpc) is 3.71. The first kappa shape index (κ1) is 37.8. The van der Waals surface area contributed by atoms with Crippen molar-refractivity contribution in [3.8, 4) is 22.5 Å². The van der Waals surface area contributed by atoms with Crippen LogP contribution in [0.1, 0.15) is 83.0 Å². The van der Waals surface area contributed by atoms with E-state index in [-0.39, 0.29) is 25.5 Å². The van der Waals surface area contributed by atoms with Crippen LogP contribution in [0.15, 0.2) is 83.5 Å². The zero-order chi connectivity index (χ0) is 34.8. The van der Waals surface area contributed by atoms with Gasteiger partial charge in [0, 0.05) is 43.6 Å². The summed E-state index contributed by atoms with van der Waals surface area (Å²) in [6, 6.07) is 29.6. The Kier molecular flexibility index (Phi) is 12.0. The topological polar surface area (TPSA) is 51.8 Å². The summed E-state index contributed by atoms with van der Waals surface area (Å²) in [4.78, 5) is 14.1. The standard InChI is InChI=1S/C24H25N2O.C20H26NSi.Ir/c1-15(2)20-10-9-18-17-7-6-8-19(22(17)27-23(18)26-20)21-13-16(11-12-25-21)14-24(3,4)5;1-22(2,3)20-15-21-19(17-11-5-4-6-12-17)14-18(20)13-16-9-7-8-10-16;/h6-7,9-13,15H,14H2,1-5H3;4-6,11,14-16H,7-10,13H2,1-3H3;/q2*-1;. The summed E-state index contributed by atoms with van der Waals surface area (Å²) in [7, 11) is -1.35. The van der Waals surface area contributed by atoms with Gasteiger partial charge in [0.1, 0.15) is 0 Å². The number of aromatic nitrogens is 3. The second kappa shape index (κ2) is 15.8. The van der Waals surface area contributed by atoms with Gasteiger partial charge in [-0.3, -0.25) is 0 Å². The van der Waals surface area contributed by atoms with Crippen molar-refractivity contribution in [1.29, 1.82) is 0 Å². The van der Waals surface area contributed by atoms with Gasteiger partial charge in [-0.2, -0.15) is 0 Å². The number of pyridine rings is 3. The minimum Gasteiger partial charge on any atom is -0.486 e. The molecule has 1 saturated carbocycles. The Balaban J connectivity index is 0.000000195. The number of hydrogen-bond donors (Lipinski definition) is 0. The first-order chi connectivity index (χ1) is 23.4. The molecule has 6 aromatic rings. The number of fused-ring (bicyclic) bond motifs is 3. The summed E-state index contributed by atoms with van der Waals surface area (Å²) in [6.07, 6.45) is 11.9. The maximum Gasteiger partial charge on any atom is 0.216 e. The summed E-state index contributed by atoms with van der Waals surface area (Å²) < 4.78 is 6.19. The van der Waals surface area contributed by atoms with E-state index >= 15 is 0 Å². The maximum absolute atomic E-state index is 6.19. The quantitative estimate of drug-likeness (QED) is 0.119. The van der Waals surface area contributed by atoms with Crippen molar-refractivity contribution in [2.45, 2.75) is 98.7 Å². The van der Waals surface area contributed by atoms with Gasteiger partial charge in [-0.25, -0.2) is 4.98 Å². The molecule has 0 spiro atoms. The van der Waals surface area contributed by atoms with E-state index in [0.717, 1.165) is 56.9 Å². The smallest absolute Gasteiger partial charge is 0.216 e. The third-order valence-corrected chi connectivity index (χ3v) is 11.6. The molecule has 50 heavy (non-hydrogen) atoms. The third-order valence-electron chi connectivity index (χ3n) is 9.49. The van der Waals surface area contributed by atoms with Crippen molar-refractivity contribution in [1.82, 2.24) is 15.0 Å². The maximum atomic E-state index is 6.19. The molecule has 4 aromatic heterocycles. The van der Waals surface area contributed by atoms with Crippen LogP contribution in [0.25, 0.3) is 44.6 Å². The van der Waals surface area contributed by atoms with Crippen LogP contribution in [0.4, 0.5) is 0 Å². The molecule has 0 aliphatic heterocycles. The average molecular weight is 858 g/mol. The molecular formula is C44H51IrN3OSi-2. The van der Waals surface area contributed by atoms with Gasteiger partial charge in [0.05, 0.1) is 13.7 Å². The summed E-state index contributed by atoms with van der Waals surface area (Å²) in [5.74, 6) is 1.24. The van der Waals surface area contributed by atoms with Crippen molar-refractivity contribution in [2.24, 2.45) is 11.3 Å². The van der Waals surface area contributed by atoms with E-state index in [9.17, 15) is 0 Å². The van der Waals surface area contributed by atoms with E-state index in [0.29, 0.717) is 11.6 Å². The van der Waals surface area contributed by atoms with Crippen LogP contribution in [0.3, 0.4) is 0 Å². The van der Waals surface area contributed by atoms with E-state index < -0.39 is 8.07 Å². The molecule has 1 aliphatic carbocycles. The summed E-state index contributed by atoms with van der Waals surface area (Å²) in [5.41, 5.74) is 9.56. The molecule has 263 valence electrons. The predicted octanol–water partition coefficient (Wildman–Crippen LogP) is 11.4. The van der Waals surface area contributed by atoms with Crippen molar-refractivity contribution in [2.75, 3.05) is 0 Å². The molecule has 1 fully saturated rings. The molecule has 0 unspecified atom stereocenters. The summed E-state index contributed by atoms with van der Waals surface area (Å²) >= 11 is 0. The monoisotopic (exact) mass is 858 g/mol. The zero-order valence-electron chi connectivity index (χ0n) is 31.0. The molecular weight excluding hydrogens is 807 g/mol. The van der Waals surface area contributed by atoms with E-state index in [1.54, 1.807) is 10.8 Å². The fourth-order valence-electron chi connectivity index (χ4n) is 7.05. The van der Waals surface area contributed by atoms with Crippen LogP contribution in [-0.4, -0.2) is 23.0 Å². The van der Waals surface area contributed by atoms with E-state index in [1.807, 2.05) is 30.5 Å². The van der Waals surface area contributed by atoms with Crippen LogP contribution < -0.4 is 5.19 Å². The Morgan fingerprint density at radius 2 is 1.66 bits per heavy atom. The first-order valence-electron chi connectivity index (χ1n) is 18.0. The van der Waals surface area contributed by atoms with Gasteiger partial charge in [-0.05, 0) is 64.9 Å². The number of rotatable bonds is 7. The van der Waals surface area contributed by atoms with Gasteiger partial charge in [0.25, 0.3) is 0 Å². The Morgan fingerprint density at radius 3 is 2.34 bits per heavy atom. The predicted molar refractivity (Wildman–Crippen MR) is 208 cm³/mol. The molecule has 1 radical (unpaired) electrons. The van der Waals surface area contributed by atoms with Gasteiger partial charge in [0.2, 0.25) is 5.71 Å². The third kappa shape index (κ3) is 9.07. The van der Waals surface area contributed by atoms with Crippen LogP contribution in [0.5, 0.6) is 0 Å². The van der Waals surface area contributed by atoms with Crippen molar-refractivity contribution < 1.29 is 24.5 Å². The van der Waals surface area contributed by atoms with Crippen molar-refractivity contribution in [3.05, 3.63) is 108 Å². The van der Waals surface area contributed by atoms with Crippen LogP contribution >= 0.6 is 0 Å². The number of nitrogens with zero attached hydrogens (tertiary/aromatic N) is 3. The molecule has 2 aromatic carbocycles. The van der Waals surface area contributed by atoms with Crippen molar-refractivity contribution in [3.63, 3.8) is 0 Å². The van der Waals surface area contributed by atoms with E-state index in [4.69, 9.17) is 14.4 Å². The summed E-state index contributed by atoms with van der Waals surface area (Å²) in [5, 5.41) is 3.64. The van der Waals surface area contributed by atoms with Crippen LogP contribution in [0, 0.1) is 23.5 Å². The Labute approximate surface area is 313 Å². The van der Waals surface area contributed by atoms with Gasteiger partial charge >= 0.3 is 0 Å². The fraction of sp³-hybridized carbons (Fsp3) is 0.386. The van der Waals surface area contributed by atoms with Crippen molar-refractivity contribution >= 4 is 35.3 Å². The molecule has 1 aliphatic rings. The largest absolute Gasteiger partial charge is 0.486 e. The second-order valence-electron chi connectivity index (χ2n) is 16.3. The van der Waals surface area contributed by atoms with E-state index in [1.165, 1.54) is 37.7 Å². The minimum absolute atomic E-state index is 0.